The molecule has 8 nitrogen and oxygen atoms in total. The van der Waals surface area contributed by atoms with Crippen molar-refractivity contribution in [3.05, 3.63) is 47.6 Å². The number of aromatic nitrogens is 4. The zero-order chi connectivity index (χ0) is 17.7. The van der Waals surface area contributed by atoms with Gasteiger partial charge in [-0.15, -0.1) is 0 Å². The number of hydrogen-bond donors (Lipinski definition) is 1. The first-order chi connectivity index (χ1) is 12.7. The second-order valence-electron chi connectivity index (χ2n) is 6.72. The van der Waals surface area contributed by atoms with Crippen molar-refractivity contribution in [2.45, 2.75) is 24.8 Å². The predicted molar refractivity (Wildman–Crippen MR) is 90.6 cm³/mol. The Hall–Kier alpha value is -3.16. The van der Waals surface area contributed by atoms with Crippen LogP contribution < -0.4 is 10.1 Å². The SMILES string of the molecule is Cn1cc(C(=O)NC2COc3cc(-c4noc(C5CC5)n4)ccc32)cn1. The monoisotopic (exact) mass is 351 g/mol. The number of hydrogen-bond acceptors (Lipinski definition) is 6. The standard InChI is InChI=1S/C18H17N5O3/c1-23-8-12(7-19-23)17(24)20-14-9-25-15-6-11(4-5-13(14)15)16-21-18(26-22-16)10-2-3-10/h4-8,10,14H,2-3,9H2,1H3,(H,20,24). The maximum atomic E-state index is 12.3. The lowest BCUT2D eigenvalue weighted by Gasteiger charge is -2.10. The molecule has 3 aromatic rings. The molecule has 0 saturated heterocycles. The normalized spacial score (nSPS) is 18.4. The molecule has 1 N–H and O–H groups in total. The Morgan fingerprint density at radius 1 is 1.35 bits per heavy atom. The fourth-order valence-electron chi connectivity index (χ4n) is 3.10. The van der Waals surface area contributed by atoms with Crippen LogP contribution in [0.15, 0.2) is 35.1 Å². The molecule has 26 heavy (non-hydrogen) atoms. The molecule has 1 unspecified atom stereocenters. The second-order valence-corrected chi connectivity index (χ2v) is 6.72. The average molecular weight is 351 g/mol. The number of carbonyl (C=O) groups is 1. The lowest BCUT2D eigenvalue weighted by atomic mass is 10.1. The van der Waals surface area contributed by atoms with Gasteiger partial charge in [0.25, 0.3) is 5.91 Å². The van der Waals surface area contributed by atoms with Gasteiger partial charge in [-0.1, -0.05) is 17.3 Å². The van der Waals surface area contributed by atoms with Crippen LogP contribution in [0.5, 0.6) is 5.75 Å². The van der Waals surface area contributed by atoms with E-state index in [0.29, 0.717) is 29.8 Å². The van der Waals surface area contributed by atoms with Crippen LogP contribution in [0.2, 0.25) is 0 Å². The molecule has 5 rings (SSSR count). The summed E-state index contributed by atoms with van der Waals surface area (Å²) in [6, 6.07) is 5.57. The molecule has 0 radical (unpaired) electrons. The Bertz CT molecular complexity index is 988. The van der Waals surface area contributed by atoms with Gasteiger partial charge in [0.05, 0.1) is 17.8 Å². The summed E-state index contributed by atoms with van der Waals surface area (Å²) in [4.78, 5) is 16.8. The molecular weight excluding hydrogens is 334 g/mol. The van der Waals surface area contributed by atoms with E-state index in [1.54, 1.807) is 24.1 Å². The smallest absolute Gasteiger partial charge is 0.255 e. The van der Waals surface area contributed by atoms with Crippen LogP contribution in [0, 0.1) is 0 Å². The van der Waals surface area contributed by atoms with Crippen molar-refractivity contribution >= 4 is 5.91 Å². The molecule has 0 bridgehead atoms. The first kappa shape index (κ1) is 15.1. The summed E-state index contributed by atoms with van der Waals surface area (Å²) in [7, 11) is 1.78. The molecule has 2 aromatic heterocycles. The van der Waals surface area contributed by atoms with E-state index in [0.717, 1.165) is 29.7 Å². The van der Waals surface area contributed by atoms with Gasteiger partial charge < -0.3 is 14.6 Å². The number of fused-ring (bicyclic) bond motifs is 1. The number of amides is 1. The first-order valence-electron chi connectivity index (χ1n) is 8.57. The molecule has 1 aliphatic heterocycles. The number of benzene rings is 1. The van der Waals surface area contributed by atoms with E-state index in [1.807, 2.05) is 18.2 Å². The number of carbonyl (C=O) groups excluding carboxylic acids is 1. The van der Waals surface area contributed by atoms with E-state index in [4.69, 9.17) is 9.26 Å². The van der Waals surface area contributed by atoms with Gasteiger partial charge in [0.15, 0.2) is 0 Å². The summed E-state index contributed by atoms with van der Waals surface area (Å²) < 4.78 is 12.7. The Balaban J connectivity index is 1.35. The van der Waals surface area contributed by atoms with Crippen molar-refractivity contribution in [2.24, 2.45) is 7.05 Å². The van der Waals surface area contributed by atoms with Crippen LogP contribution in [0.3, 0.4) is 0 Å². The zero-order valence-corrected chi connectivity index (χ0v) is 14.2. The van der Waals surface area contributed by atoms with E-state index in [9.17, 15) is 4.79 Å². The highest BCUT2D eigenvalue weighted by Gasteiger charge is 2.31. The summed E-state index contributed by atoms with van der Waals surface area (Å²) in [5.74, 6) is 2.27. The average Bonchev–Trinajstić information content (AvgIpc) is 3.06. The Kier molecular flexibility index (Phi) is 3.31. The minimum atomic E-state index is -0.195. The van der Waals surface area contributed by atoms with Crippen molar-refractivity contribution in [3.8, 4) is 17.1 Å². The van der Waals surface area contributed by atoms with E-state index < -0.39 is 0 Å². The van der Waals surface area contributed by atoms with Gasteiger partial charge in [-0.25, -0.2) is 0 Å². The Morgan fingerprint density at radius 2 is 2.23 bits per heavy atom. The summed E-state index contributed by atoms with van der Waals surface area (Å²) in [6.07, 6.45) is 5.46. The van der Waals surface area contributed by atoms with Gasteiger partial charge >= 0.3 is 0 Å². The van der Waals surface area contributed by atoms with Gasteiger partial charge in [0.2, 0.25) is 11.7 Å². The van der Waals surface area contributed by atoms with Crippen LogP contribution in [0.25, 0.3) is 11.4 Å². The largest absolute Gasteiger partial charge is 0.491 e. The van der Waals surface area contributed by atoms with Crippen molar-refractivity contribution in [3.63, 3.8) is 0 Å². The maximum absolute atomic E-state index is 12.3. The molecule has 1 atom stereocenters. The number of nitrogens with one attached hydrogen (secondary N) is 1. The third-order valence-corrected chi connectivity index (χ3v) is 4.69. The topological polar surface area (TPSA) is 95.1 Å². The quantitative estimate of drug-likeness (QED) is 0.774. The van der Waals surface area contributed by atoms with Gasteiger partial charge in [0.1, 0.15) is 12.4 Å². The van der Waals surface area contributed by atoms with Crippen molar-refractivity contribution in [2.75, 3.05) is 6.61 Å². The van der Waals surface area contributed by atoms with Crippen LogP contribution in [0.1, 0.15) is 46.6 Å². The summed E-state index contributed by atoms with van der Waals surface area (Å²) in [6.45, 7) is 0.393. The van der Waals surface area contributed by atoms with E-state index in [-0.39, 0.29) is 11.9 Å². The Morgan fingerprint density at radius 3 is 3.00 bits per heavy atom. The molecule has 1 aliphatic carbocycles. The number of aryl methyl sites for hydroxylation is 1. The van der Waals surface area contributed by atoms with Crippen LogP contribution in [0.4, 0.5) is 0 Å². The Labute approximate surface area is 149 Å². The number of rotatable bonds is 4. The molecule has 3 heterocycles. The fraction of sp³-hybridized carbons (Fsp3) is 0.333. The summed E-state index contributed by atoms with van der Waals surface area (Å²) in [5.41, 5.74) is 2.31. The van der Waals surface area contributed by atoms with E-state index in [1.165, 1.54) is 0 Å². The van der Waals surface area contributed by atoms with E-state index in [2.05, 4.69) is 20.6 Å². The van der Waals surface area contributed by atoms with Crippen molar-refractivity contribution in [1.82, 2.24) is 25.2 Å². The lowest BCUT2D eigenvalue weighted by molar-refractivity contribution is 0.0930. The molecule has 0 spiro atoms. The van der Waals surface area contributed by atoms with Crippen LogP contribution in [-0.2, 0) is 7.05 Å². The lowest BCUT2D eigenvalue weighted by Crippen LogP contribution is -2.29. The van der Waals surface area contributed by atoms with Gasteiger partial charge in [0, 0.05) is 30.3 Å². The second kappa shape index (κ2) is 5.69. The maximum Gasteiger partial charge on any atom is 0.255 e. The van der Waals surface area contributed by atoms with Crippen molar-refractivity contribution < 1.29 is 14.1 Å². The zero-order valence-electron chi connectivity index (χ0n) is 14.2. The molecule has 2 aliphatic rings. The number of ether oxygens (including phenoxy) is 1. The summed E-state index contributed by atoms with van der Waals surface area (Å²) >= 11 is 0. The van der Waals surface area contributed by atoms with Crippen LogP contribution >= 0.6 is 0 Å². The fourth-order valence-corrected chi connectivity index (χ4v) is 3.10. The van der Waals surface area contributed by atoms with Gasteiger partial charge in [-0.3, -0.25) is 9.48 Å². The minimum Gasteiger partial charge on any atom is -0.491 e. The molecule has 8 heteroatoms. The van der Waals surface area contributed by atoms with Gasteiger partial charge in [-0.05, 0) is 18.9 Å². The third kappa shape index (κ3) is 2.63. The molecule has 132 valence electrons. The highest BCUT2D eigenvalue weighted by Crippen LogP contribution is 2.40. The highest BCUT2D eigenvalue weighted by atomic mass is 16.5. The third-order valence-electron chi connectivity index (χ3n) is 4.69. The van der Waals surface area contributed by atoms with Gasteiger partial charge in [-0.2, -0.15) is 10.1 Å². The predicted octanol–water partition coefficient (Wildman–Crippen LogP) is 2.21. The molecule has 1 fully saturated rings. The van der Waals surface area contributed by atoms with E-state index >= 15 is 0 Å². The first-order valence-corrected chi connectivity index (χ1v) is 8.57. The highest BCUT2D eigenvalue weighted by molar-refractivity contribution is 5.94. The van der Waals surface area contributed by atoms with Crippen LogP contribution in [-0.4, -0.2) is 32.4 Å². The summed E-state index contributed by atoms with van der Waals surface area (Å²) in [5, 5.41) is 11.1. The number of nitrogens with zero attached hydrogens (tertiary/aromatic N) is 4. The minimum absolute atomic E-state index is 0.170. The molecule has 1 amide bonds. The molecule has 1 saturated carbocycles. The molecule has 1 aromatic carbocycles. The molecular formula is C18H17N5O3. The van der Waals surface area contributed by atoms with Crippen molar-refractivity contribution in [1.29, 1.82) is 0 Å².